The lowest BCUT2D eigenvalue weighted by Crippen LogP contribution is -2.09. The van der Waals surface area contributed by atoms with Gasteiger partial charge in [0.2, 0.25) is 0 Å². The summed E-state index contributed by atoms with van der Waals surface area (Å²) in [6.45, 7) is 10.7. The maximum atomic E-state index is 11.4. The summed E-state index contributed by atoms with van der Waals surface area (Å²) in [7, 11) is 0. The molecule has 23 heavy (non-hydrogen) atoms. The molecule has 134 valence electrons. The van der Waals surface area contributed by atoms with Crippen molar-refractivity contribution in [2.24, 2.45) is 5.92 Å². The first kappa shape index (κ1) is 21.7. The zero-order chi connectivity index (χ0) is 17.5. The first-order chi connectivity index (χ1) is 10.9. The van der Waals surface area contributed by atoms with E-state index in [1.54, 1.807) is 0 Å². The number of ether oxygens (including phenoxy) is 2. The Kier molecular flexibility index (Phi) is 13.5. The average Bonchev–Trinajstić information content (AvgIpc) is 2.47. The summed E-state index contributed by atoms with van der Waals surface area (Å²) in [6.07, 6.45) is 7.79. The van der Waals surface area contributed by atoms with E-state index < -0.39 is 0 Å². The number of rotatable bonds is 14. The zero-order valence-corrected chi connectivity index (χ0v) is 15.2. The quantitative estimate of drug-likeness (QED) is 0.261. The molecule has 0 N–H and O–H groups in total. The molecular weight excluding hydrogens is 292 g/mol. The molecular formula is C19H34O4. The first-order valence-electron chi connectivity index (χ1n) is 8.87. The lowest BCUT2D eigenvalue weighted by molar-refractivity contribution is -0.145. The van der Waals surface area contributed by atoms with E-state index in [9.17, 15) is 9.59 Å². The molecule has 0 rings (SSSR count). The number of unbranched alkanes of at least 4 members (excludes halogenated alkanes) is 5. The van der Waals surface area contributed by atoms with Gasteiger partial charge in [-0.1, -0.05) is 45.1 Å². The summed E-state index contributed by atoms with van der Waals surface area (Å²) < 4.78 is 10.2. The van der Waals surface area contributed by atoms with Crippen LogP contribution in [0, 0.1) is 5.92 Å². The maximum absolute atomic E-state index is 11.4. The Morgan fingerprint density at radius 1 is 0.826 bits per heavy atom. The number of hydrogen-bond donors (Lipinski definition) is 0. The van der Waals surface area contributed by atoms with Crippen LogP contribution in [-0.2, 0) is 19.1 Å². The van der Waals surface area contributed by atoms with Crippen molar-refractivity contribution in [2.45, 2.75) is 78.6 Å². The number of hydrogen-bond acceptors (Lipinski definition) is 4. The Morgan fingerprint density at radius 2 is 1.30 bits per heavy atom. The van der Waals surface area contributed by atoms with Gasteiger partial charge in [0, 0.05) is 19.3 Å². The van der Waals surface area contributed by atoms with Gasteiger partial charge in [0.15, 0.2) is 0 Å². The molecule has 0 atom stereocenters. The zero-order valence-electron chi connectivity index (χ0n) is 15.2. The van der Waals surface area contributed by atoms with E-state index in [-0.39, 0.29) is 11.9 Å². The number of carbonyl (C=O) groups is 2. The van der Waals surface area contributed by atoms with Crippen LogP contribution in [0.3, 0.4) is 0 Å². The summed E-state index contributed by atoms with van der Waals surface area (Å²) in [5.74, 6) is 0.196. The Hall–Kier alpha value is -1.32. The van der Waals surface area contributed by atoms with E-state index in [1.165, 1.54) is 0 Å². The lowest BCUT2D eigenvalue weighted by atomic mass is 10.1. The molecule has 0 saturated heterocycles. The number of esters is 2. The molecule has 0 aromatic rings. The van der Waals surface area contributed by atoms with Gasteiger partial charge in [0.05, 0.1) is 13.2 Å². The van der Waals surface area contributed by atoms with Crippen LogP contribution in [0.5, 0.6) is 0 Å². The molecule has 0 aliphatic rings. The van der Waals surface area contributed by atoms with Crippen LogP contribution in [0.2, 0.25) is 0 Å². The summed E-state index contributed by atoms with van der Waals surface area (Å²) >= 11 is 0. The highest BCUT2D eigenvalue weighted by Gasteiger charge is 2.05. The fourth-order valence-electron chi connectivity index (χ4n) is 1.99. The third-order valence-electron chi connectivity index (χ3n) is 3.38. The molecule has 0 aromatic heterocycles. The van der Waals surface area contributed by atoms with Crippen molar-refractivity contribution in [1.82, 2.24) is 0 Å². The fraction of sp³-hybridized carbons (Fsp3) is 0.789. The van der Waals surface area contributed by atoms with Crippen molar-refractivity contribution in [3.63, 3.8) is 0 Å². The van der Waals surface area contributed by atoms with Crippen molar-refractivity contribution >= 4 is 11.9 Å². The third-order valence-corrected chi connectivity index (χ3v) is 3.38. The summed E-state index contributed by atoms with van der Waals surface area (Å²) in [4.78, 5) is 22.8. The lowest BCUT2D eigenvalue weighted by Gasteiger charge is -2.07. The Morgan fingerprint density at radius 3 is 1.78 bits per heavy atom. The third kappa shape index (κ3) is 16.9. The highest BCUT2D eigenvalue weighted by atomic mass is 16.5. The smallest absolute Gasteiger partial charge is 0.305 e. The van der Waals surface area contributed by atoms with Crippen LogP contribution in [0.15, 0.2) is 12.2 Å². The molecule has 0 bridgehead atoms. The van der Waals surface area contributed by atoms with E-state index in [0.717, 1.165) is 50.5 Å². The molecule has 0 fully saturated rings. The Labute approximate surface area is 141 Å². The van der Waals surface area contributed by atoms with Gasteiger partial charge in [-0.25, -0.2) is 0 Å². The fourth-order valence-corrected chi connectivity index (χ4v) is 1.99. The SMILES string of the molecule is C=C(C)CCOC(=O)CCCCCCCCC(=O)OCC(C)C. The topological polar surface area (TPSA) is 52.6 Å². The van der Waals surface area contributed by atoms with Gasteiger partial charge in [-0.15, -0.1) is 6.58 Å². The predicted octanol–water partition coefficient (Wildman–Crippen LogP) is 4.82. The van der Waals surface area contributed by atoms with Gasteiger partial charge in [0.1, 0.15) is 0 Å². The molecule has 0 spiro atoms. The Bertz CT molecular complexity index is 347. The van der Waals surface area contributed by atoms with Crippen molar-refractivity contribution < 1.29 is 19.1 Å². The largest absolute Gasteiger partial charge is 0.465 e. The van der Waals surface area contributed by atoms with Crippen LogP contribution in [-0.4, -0.2) is 25.2 Å². The van der Waals surface area contributed by atoms with Crippen molar-refractivity contribution in [1.29, 1.82) is 0 Å². The van der Waals surface area contributed by atoms with Crippen LogP contribution in [0.1, 0.15) is 78.6 Å². The molecule has 0 unspecified atom stereocenters. The van der Waals surface area contributed by atoms with Gasteiger partial charge in [-0.05, 0) is 25.7 Å². The summed E-state index contributed by atoms with van der Waals surface area (Å²) in [5.41, 5.74) is 1.03. The van der Waals surface area contributed by atoms with Crippen LogP contribution >= 0.6 is 0 Å². The Balaban J connectivity index is 3.31. The maximum Gasteiger partial charge on any atom is 0.305 e. The van der Waals surface area contributed by atoms with Crippen molar-refractivity contribution in [3.8, 4) is 0 Å². The van der Waals surface area contributed by atoms with E-state index in [2.05, 4.69) is 6.58 Å². The van der Waals surface area contributed by atoms with Crippen LogP contribution in [0.4, 0.5) is 0 Å². The molecule has 0 amide bonds. The average molecular weight is 326 g/mol. The first-order valence-corrected chi connectivity index (χ1v) is 8.87. The van der Waals surface area contributed by atoms with E-state index in [4.69, 9.17) is 9.47 Å². The van der Waals surface area contributed by atoms with E-state index in [1.807, 2.05) is 20.8 Å². The molecule has 0 aliphatic heterocycles. The van der Waals surface area contributed by atoms with Gasteiger partial charge in [0.25, 0.3) is 0 Å². The van der Waals surface area contributed by atoms with Crippen molar-refractivity contribution in [2.75, 3.05) is 13.2 Å². The molecule has 0 aliphatic carbocycles. The minimum Gasteiger partial charge on any atom is -0.465 e. The van der Waals surface area contributed by atoms with Gasteiger partial charge in [-0.2, -0.15) is 0 Å². The molecule has 0 aromatic carbocycles. The predicted molar refractivity (Wildman–Crippen MR) is 93.1 cm³/mol. The molecule has 0 radical (unpaired) electrons. The molecule has 0 saturated carbocycles. The van der Waals surface area contributed by atoms with Crippen LogP contribution < -0.4 is 0 Å². The van der Waals surface area contributed by atoms with Gasteiger partial charge < -0.3 is 9.47 Å². The van der Waals surface area contributed by atoms with Gasteiger partial charge in [-0.3, -0.25) is 9.59 Å². The monoisotopic (exact) mass is 326 g/mol. The van der Waals surface area contributed by atoms with E-state index >= 15 is 0 Å². The van der Waals surface area contributed by atoms with Crippen LogP contribution in [0.25, 0.3) is 0 Å². The standard InChI is InChI=1S/C19H34O4/c1-16(2)13-14-22-18(20)11-9-7-5-6-8-10-12-19(21)23-15-17(3)4/h17H,1,5-15H2,2-4H3. The van der Waals surface area contributed by atoms with E-state index in [0.29, 0.717) is 32.0 Å². The summed E-state index contributed by atoms with van der Waals surface area (Å²) in [5, 5.41) is 0. The molecule has 4 nitrogen and oxygen atoms in total. The summed E-state index contributed by atoms with van der Waals surface area (Å²) in [6, 6.07) is 0. The van der Waals surface area contributed by atoms with Gasteiger partial charge >= 0.3 is 11.9 Å². The second kappa shape index (κ2) is 14.3. The second-order valence-corrected chi connectivity index (χ2v) is 6.63. The number of carbonyl (C=O) groups excluding carboxylic acids is 2. The normalized spacial score (nSPS) is 10.6. The molecule has 4 heteroatoms. The highest BCUT2D eigenvalue weighted by molar-refractivity contribution is 5.69. The highest BCUT2D eigenvalue weighted by Crippen LogP contribution is 2.10. The minimum atomic E-state index is -0.112. The molecule has 0 heterocycles. The second-order valence-electron chi connectivity index (χ2n) is 6.63. The van der Waals surface area contributed by atoms with Crippen molar-refractivity contribution in [3.05, 3.63) is 12.2 Å². The minimum absolute atomic E-state index is 0.0868.